The number of rotatable bonds is 3. The highest BCUT2D eigenvalue weighted by Crippen LogP contribution is 2.33. The predicted molar refractivity (Wildman–Crippen MR) is 74.4 cm³/mol. The first-order chi connectivity index (χ1) is 10.2. The Kier molecular flexibility index (Phi) is 3.51. The molecule has 0 bridgehead atoms. The summed E-state index contributed by atoms with van der Waals surface area (Å²) in [6.45, 7) is 0. The number of anilines is 3. The normalized spacial score (nSPS) is 10.4. The second-order valence-electron chi connectivity index (χ2n) is 4.29. The summed E-state index contributed by atoms with van der Waals surface area (Å²) in [5.74, 6) is -0.660. The summed E-state index contributed by atoms with van der Waals surface area (Å²) in [6, 6.07) is 11.9. The number of hydrogen-bond acceptors (Lipinski definition) is 4. The van der Waals surface area contributed by atoms with Crippen LogP contribution in [0.2, 0.25) is 0 Å². The van der Waals surface area contributed by atoms with Gasteiger partial charge in [0.05, 0.1) is 18.1 Å². The Labute approximate surface area is 119 Å². The Hall–Kier alpha value is -2.89. The molecule has 0 saturated heterocycles. The van der Waals surface area contributed by atoms with Crippen LogP contribution in [0.4, 0.5) is 25.8 Å². The fraction of sp³-hybridized carbons (Fsp3) is 0. The summed E-state index contributed by atoms with van der Waals surface area (Å²) in [4.78, 5) is 1.78. The minimum Gasteiger partial charge on any atom is -0.307 e. The molecule has 1 aromatic heterocycles. The quantitative estimate of drug-likeness (QED) is 0.736. The SMILES string of the molecule is Fc1ccc(N(c2ccc(F)cc2)c2cnnnc2)cc1. The molecule has 2 aromatic carbocycles. The van der Waals surface area contributed by atoms with E-state index in [-0.39, 0.29) is 11.6 Å². The molecule has 0 fully saturated rings. The van der Waals surface area contributed by atoms with Crippen LogP contribution in [-0.4, -0.2) is 15.4 Å². The molecule has 6 heteroatoms. The van der Waals surface area contributed by atoms with Crippen molar-refractivity contribution in [2.45, 2.75) is 0 Å². The molecule has 0 N–H and O–H groups in total. The van der Waals surface area contributed by atoms with Crippen molar-refractivity contribution in [3.8, 4) is 0 Å². The van der Waals surface area contributed by atoms with Gasteiger partial charge in [-0.3, -0.25) is 0 Å². The van der Waals surface area contributed by atoms with E-state index in [4.69, 9.17) is 0 Å². The average Bonchev–Trinajstić information content (AvgIpc) is 2.52. The molecule has 0 aliphatic heterocycles. The molecule has 0 spiro atoms. The zero-order valence-corrected chi connectivity index (χ0v) is 10.8. The summed E-state index contributed by atoms with van der Waals surface area (Å²) in [5, 5.41) is 11.0. The first-order valence-corrected chi connectivity index (χ1v) is 6.19. The van der Waals surface area contributed by atoms with Crippen LogP contribution in [0.3, 0.4) is 0 Å². The molecule has 3 aromatic rings. The van der Waals surface area contributed by atoms with Crippen molar-refractivity contribution in [1.82, 2.24) is 15.4 Å². The maximum absolute atomic E-state index is 13.1. The second kappa shape index (κ2) is 5.62. The smallest absolute Gasteiger partial charge is 0.123 e. The van der Waals surface area contributed by atoms with E-state index in [1.54, 1.807) is 29.2 Å². The molecule has 0 amide bonds. The number of benzene rings is 2. The van der Waals surface area contributed by atoms with E-state index in [1.165, 1.54) is 36.7 Å². The van der Waals surface area contributed by atoms with E-state index in [0.717, 1.165) is 0 Å². The summed E-state index contributed by atoms with van der Waals surface area (Å²) in [6.07, 6.45) is 3.05. The van der Waals surface area contributed by atoms with Gasteiger partial charge in [-0.1, -0.05) is 0 Å². The van der Waals surface area contributed by atoms with Gasteiger partial charge in [0.1, 0.15) is 11.6 Å². The number of hydrogen-bond donors (Lipinski definition) is 0. The molecule has 0 aliphatic carbocycles. The highest BCUT2D eigenvalue weighted by Gasteiger charge is 2.13. The van der Waals surface area contributed by atoms with Gasteiger partial charge in [0.15, 0.2) is 0 Å². The molecule has 1 heterocycles. The lowest BCUT2D eigenvalue weighted by atomic mass is 10.2. The van der Waals surface area contributed by atoms with E-state index in [9.17, 15) is 8.78 Å². The molecule has 0 aliphatic rings. The third-order valence-corrected chi connectivity index (χ3v) is 2.91. The maximum atomic E-state index is 13.1. The monoisotopic (exact) mass is 284 g/mol. The summed E-state index contributed by atoms with van der Waals surface area (Å²) < 4.78 is 26.2. The molecule has 0 saturated carbocycles. The van der Waals surface area contributed by atoms with Crippen LogP contribution in [0, 0.1) is 11.6 Å². The third-order valence-electron chi connectivity index (χ3n) is 2.91. The van der Waals surface area contributed by atoms with Crippen molar-refractivity contribution in [3.63, 3.8) is 0 Å². The lowest BCUT2D eigenvalue weighted by Gasteiger charge is -2.24. The minimum atomic E-state index is -0.330. The molecular weight excluding hydrogens is 274 g/mol. The van der Waals surface area contributed by atoms with Crippen molar-refractivity contribution < 1.29 is 8.78 Å². The van der Waals surface area contributed by atoms with Gasteiger partial charge in [0, 0.05) is 11.4 Å². The van der Waals surface area contributed by atoms with Crippen molar-refractivity contribution in [2.75, 3.05) is 4.90 Å². The summed E-state index contributed by atoms with van der Waals surface area (Å²) >= 11 is 0. The highest BCUT2D eigenvalue weighted by molar-refractivity contribution is 5.75. The van der Waals surface area contributed by atoms with Crippen LogP contribution in [0.1, 0.15) is 0 Å². The fourth-order valence-corrected chi connectivity index (χ4v) is 1.98. The minimum absolute atomic E-state index is 0.330. The topological polar surface area (TPSA) is 41.9 Å². The van der Waals surface area contributed by atoms with E-state index in [1.807, 2.05) is 0 Å². The predicted octanol–water partition coefficient (Wildman–Crippen LogP) is 3.62. The van der Waals surface area contributed by atoms with E-state index in [2.05, 4.69) is 15.4 Å². The van der Waals surface area contributed by atoms with Crippen LogP contribution in [0.25, 0.3) is 0 Å². The number of aromatic nitrogens is 3. The number of halogens is 2. The molecule has 21 heavy (non-hydrogen) atoms. The summed E-state index contributed by atoms with van der Waals surface area (Å²) in [7, 11) is 0. The fourth-order valence-electron chi connectivity index (χ4n) is 1.98. The largest absolute Gasteiger partial charge is 0.307 e. The van der Waals surface area contributed by atoms with Crippen LogP contribution in [-0.2, 0) is 0 Å². The Morgan fingerprint density at radius 1 is 0.619 bits per heavy atom. The lowest BCUT2D eigenvalue weighted by molar-refractivity contribution is 0.628. The Balaban J connectivity index is 2.11. The van der Waals surface area contributed by atoms with Gasteiger partial charge in [-0.15, -0.1) is 10.2 Å². The van der Waals surface area contributed by atoms with Crippen LogP contribution >= 0.6 is 0 Å². The average molecular weight is 284 g/mol. The summed E-state index contributed by atoms with van der Waals surface area (Å²) in [5.41, 5.74) is 2.05. The Bertz CT molecular complexity index is 669. The highest BCUT2D eigenvalue weighted by atomic mass is 19.1. The molecule has 0 atom stereocenters. The van der Waals surface area contributed by atoms with Crippen LogP contribution in [0.15, 0.2) is 60.9 Å². The number of nitrogens with zero attached hydrogens (tertiary/aromatic N) is 4. The molecular formula is C15H10F2N4. The Morgan fingerprint density at radius 3 is 1.48 bits per heavy atom. The molecule has 4 nitrogen and oxygen atoms in total. The van der Waals surface area contributed by atoms with Crippen LogP contribution < -0.4 is 4.90 Å². The van der Waals surface area contributed by atoms with Gasteiger partial charge >= 0.3 is 0 Å². The maximum Gasteiger partial charge on any atom is 0.123 e. The van der Waals surface area contributed by atoms with E-state index < -0.39 is 0 Å². The zero-order chi connectivity index (χ0) is 14.7. The van der Waals surface area contributed by atoms with Gasteiger partial charge in [0.2, 0.25) is 0 Å². The van der Waals surface area contributed by atoms with E-state index in [0.29, 0.717) is 17.1 Å². The Morgan fingerprint density at radius 2 is 1.05 bits per heavy atom. The van der Waals surface area contributed by atoms with Gasteiger partial charge in [0.25, 0.3) is 0 Å². The van der Waals surface area contributed by atoms with Gasteiger partial charge < -0.3 is 4.90 Å². The van der Waals surface area contributed by atoms with Gasteiger partial charge in [-0.05, 0) is 53.7 Å². The van der Waals surface area contributed by atoms with Gasteiger partial charge in [-0.2, -0.15) is 0 Å². The van der Waals surface area contributed by atoms with Crippen molar-refractivity contribution in [3.05, 3.63) is 72.6 Å². The lowest BCUT2D eigenvalue weighted by Crippen LogP contribution is -2.11. The zero-order valence-electron chi connectivity index (χ0n) is 10.8. The molecule has 3 rings (SSSR count). The molecule has 0 unspecified atom stereocenters. The molecule has 0 radical (unpaired) electrons. The van der Waals surface area contributed by atoms with Gasteiger partial charge in [-0.25, -0.2) is 8.78 Å². The second-order valence-corrected chi connectivity index (χ2v) is 4.29. The standard InChI is InChI=1S/C15H10F2N4/c16-11-1-5-13(6-2-11)21(15-9-18-20-19-10-15)14-7-3-12(17)4-8-14/h1-10H. The molecule has 104 valence electrons. The van der Waals surface area contributed by atoms with Crippen molar-refractivity contribution in [1.29, 1.82) is 0 Å². The first-order valence-electron chi connectivity index (χ1n) is 6.19. The van der Waals surface area contributed by atoms with Crippen LogP contribution in [0.5, 0.6) is 0 Å². The van der Waals surface area contributed by atoms with Crippen molar-refractivity contribution >= 4 is 17.1 Å². The first kappa shape index (κ1) is 13.1. The van der Waals surface area contributed by atoms with Crippen molar-refractivity contribution in [2.24, 2.45) is 0 Å². The van der Waals surface area contributed by atoms with E-state index >= 15 is 0 Å². The third kappa shape index (κ3) is 2.84.